The van der Waals surface area contributed by atoms with Crippen molar-refractivity contribution in [3.05, 3.63) is 12.2 Å². The molecule has 0 radical (unpaired) electrons. The van der Waals surface area contributed by atoms with Gasteiger partial charge in [-0.15, -0.1) is 0 Å². The minimum absolute atomic E-state index is 0.0151. The van der Waals surface area contributed by atoms with Gasteiger partial charge in [-0.25, -0.2) is 0 Å². The fraction of sp³-hybridized carbons (Fsp3) is 0.850. The number of hydrogen-bond acceptors (Lipinski definition) is 11. The van der Waals surface area contributed by atoms with Gasteiger partial charge in [-0.05, 0) is 38.5 Å². The standard InChI is InChI=1S/C40H73NO8S2/c1-5-7-9-11-13-14-15-16-17-19-21-23-26-38(25-22-20-18-12-10-8-6-2)40(45)49-29-24-33-50-51-34-32-48-39(44)35-41(27-30-46-36(3)42)28-31-47-37(4)43/h18,20,38H,5-17,19,21-35H2,1-4H3/b20-18-. The van der Waals surface area contributed by atoms with E-state index >= 15 is 0 Å². The molecule has 0 fully saturated rings. The SMILES string of the molecule is CCCCC/C=C\CCC(CCCCCCCCCCCCCC)C(=O)OCCCSSCCOC(=O)CN(CCOC(C)=O)CCOC(C)=O. The van der Waals surface area contributed by atoms with E-state index in [9.17, 15) is 19.2 Å². The van der Waals surface area contributed by atoms with E-state index in [1.54, 1.807) is 26.5 Å². The quantitative estimate of drug-likeness (QED) is 0.0199. The Hall–Kier alpha value is -1.72. The molecule has 1 atom stereocenters. The van der Waals surface area contributed by atoms with Crippen LogP contribution in [0.1, 0.15) is 156 Å². The van der Waals surface area contributed by atoms with Crippen LogP contribution in [0.15, 0.2) is 12.2 Å². The van der Waals surface area contributed by atoms with Gasteiger partial charge in [0.15, 0.2) is 0 Å². The van der Waals surface area contributed by atoms with Crippen LogP contribution in [0.4, 0.5) is 0 Å². The van der Waals surface area contributed by atoms with Crippen LogP contribution in [0.2, 0.25) is 0 Å². The molecule has 51 heavy (non-hydrogen) atoms. The summed E-state index contributed by atoms with van der Waals surface area (Å²) in [5, 5.41) is 0. The summed E-state index contributed by atoms with van der Waals surface area (Å²) < 4.78 is 21.0. The summed E-state index contributed by atoms with van der Waals surface area (Å²) in [6.07, 6.45) is 28.6. The average Bonchev–Trinajstić information content (AvgIpc) is 3.09. The van der Waals surface area contributed by atoms with Gasteiger partial charge >= 0.3 is 23.9 Å². The van der Waals surface area contributed by atoms with Crippen LogP contribution >= 0.6 is 21.6 Å². The van der Waals surface area contributed by atoms with Crippen LogP contribution in [0, 0.1) is 5.92 Å². The smallest absolute Gasteiger partial charge is 0.320 e. The van der Waals surface area contributed by atoms with Gasteiger partial charge in [0.1, 0.15) is 19.8 Å². The molecule has 0 amide bonds. The predicted octanol–water partition coefficient (Wildman–Crippen LogP) is 9.90. The van der Waals surface area contributed by atoms with Crippen molar-refractivity contribution in [1.29, 1.82) is 0 Å². The summed E-state index contributed by atoms with van der Waals surface area (Å²) in [6, 6.07) is 0. The minimum atomic E-state index is -0.393. The van der Waals surface area contributed by atoms with Crippen LogP contribution in [0.5, 0.6) is 0 Å². The van der Waals surface area contributed by atoms with E-state index in [0.717, 1.165) is 44.3 Å². The van der Waals surface area contributed by atoms with E-state index in [1.807, 2.05) is 0 Å². The van der Waals surface area contributed by atoms with Gasteiger partial charge < -0.3 is 18.9 Å². The van der Waals surface area contributed by atoms with Crippen molar-refractivity contribution < 1.29 is 38.1 Å². The second-order valence-corrected chi connectivity index (χ2v) is 16.0. The van der Waals surface area contributed by atoms with Crippen molar-refractivity contribution >= 4 is 45.5 Å². The monoisotopic (exact) mass is 759 g/mol. The molecular weight excluding hydrogens is 687 g/mol. The van der Waals surface area contributed by atoms with E-state index in [-0.39, 0.29) is 44.2 Å². The Morgan fingerprint density at radius 3 is 1.67 bits per heavy atom. The van der Waals surface area contributed by atoms with E-state index < -0.39 is 11.9 Å². The zero-order valence-corrected chi connectivity index (χ0v) is 34.4. The fourth-order valence-electron chi connectivity index (χ4n) is 5.51. The maximum absolute atomic E-state index is 13.0. The zero-order valence-electron chi connectivity index (χ0n) is 32.8. The highest BCUT2D eigenvalue weighted by molar-refractivity contribution is 8.76. The Labute approximate surface area is 319 Å². The van der Waals surface area contributed by atoms with Crippen LogP contribution in [-0.4, -0.2) is 86.3 Å². The molecular formula is C40H73NO8S2. The molecule has 11 heteroatoms. The van der Waals surface area contributed by atoms with Gasteiger partial charge in [0.05, 0.1) is 19.1 Å². The summed E-state index contributed by atoms with van der Waals surface area (Å²) in [4.78, 5) is 49.1. The number of unbranched alkanes of at least 4 members (excludes halogenated alkanes) is 14. The number of rotatable bonds is 37. The van der Waals surface area contributed by atoms with E-state index in [2.05, 4.69) is 26.0 Å². The average molecular weight is 760 g/mol. The number of nitrogens with zero attached hydrogens (tertiary/aromatic N) is 1. The van der Waals surface area contributed by atoms with Gasteiger partial charge in [-0.3, -0.25) is 24.1 Å². The van der Waals surface area contributed by atoms with Crippen LogP contribution in [0.25, 0.3) is 0 Å². The second-order valence-electron chi connectivity index (χ2n) is 13.3. The van der Waals surface area contributed by atoms with E-state index in [4.69, 9.17) is 18.9 Å². The molecule has 0 aromatic heterocycles. The Kier molecular flexibility index (Phi) is 36.7. The van der Waals surface area contributed by atoms with Crippen molar-refractivity contribution in [1.82, 2.24) is 4.90 Å². The lowest BCUT2D eigenvalue weighted by Gasteiger charge is -2.20. The first-order chi connectivity index (χ1) is 24.8. The normalized spacial score (nSPS) is 11.9. The van der Waals surface area contributed by atoms with Crippen molar-refractivity contribution in [2.24, 2.45) is 5.92 Å². The molecule has 9 nitrogen and oxygen atoms in total. The van der Waals surface area contributed by atoms with Gasteiger partial charge in [0, 0.05) is 38.4 Å². The first-order valence-corrected chi connectivity index (χ1v) is 22.5. The van der Waals surface area contributed by atoms with Crippen LogP contribution < -0.4 is 0 Å². The van der Waals surface area contributed by atoms with Crippen molar-refractivity contribution in [3.8, 4) is 0 Å². The highest BCUT2D eigenvalue weighted by atomic mass is 33.1. The zero-order chi connectivity index (χ0) is 37.6. The molecule has 1 unspecified atom stereocenters. The topological polar surface area (TPSA) is 108 Å². The first-order valence-electron chi connectivity index (χ1n) is 20.0. The van der Waals surface area contributed by atoms with Gasteiger partial charge in [-0.1, -0.05) is 137 Å². The number of carbonyl (C=O) groups is 4. The summed E-state index contributed by atoms with van der Waals surface area (Å²) in [5.74, 6) is 0.246. The molecule has 0 rings (SSSR count). The molecule has 0 aliphatic carbocycles. The maximum atomic E-state index is 13.0. The number of esters is 4. The van der Waals surface area contributed by atoms with Gasteiger partial charge in [0.25, 0.3) is 0 Å². The lowest BCUT2D eigenvalue weighted by Crippen LogP contribution is -2.37. The molecule has 0 spiro atoms. The highest BCUT2D eigenvalue weighted by Gasteiger charge is 2.19. The van der Waals surface area contributed by atoms with E-state index in [0.29, 0.717) is 25.4 Å². The molecule has 298 valence electrons. The second kappa shape index (κ2) is 38.0. The van der Waals surface area contributed by atoms with Crippen molar-refractivity contribution in [2.45, 2.75) is 156 Å². The minimum Gasteiger partial charge on any atom is -0.465 e. The molecule has 0 aliphatic heterocycles. The number of allylic oxidation sites excluding steroid dienone is 2. The molecule has 0 saturated carbocycles. The molecule has 0 bridgehead atoms. The third-order valence-electron chi connectivity index (χ3n) is 8.47. The maximum Gasteiger partial charge on any atom is 0.320 e. The summed E-state index contributed by atoms with van der Waals surface area (Å²) >= 11 is 0. The molecule has 0 saturated heterocycles. The van der Waals surface area contributed by atoms with Crippen molar-refractivity contribution in [3.63, 3.8) is 0 Å². The Bertz CT molecular complexity index is 869. The Morgan fingerprint density at radius 1 is 0.549 bits per heavy atom. The van der Waals surface area contributed by atoms with Crippen LogP contribution in [0.3, 0.4) is 0 Å². The lowest BCUT2D eigenvalue weighted by molar-refractivity contribution is -0.149. The predicted molar refractivity (Wildman–Crippen MR) is 213 cm³/mol. The highest BCUT2D eigenvalue weighted by Crippen LogP contribution is 2.23. The number of ether oxygens (including phenoxy) is 4. The largest absolute Gasteiger partial charge is 0.465 e. The van der Waals surface area contributed by atoms with E-state index in [1.165, 1.54) is 104 Å². The van der Waals surface area contributed by atoms with Gasteiger partial charge in [0.2, 0.25) is 0 Å². The lowest BCUT2D eigenvalue weighted by atomic mass is 9.95. The van der Waals surface area contributed by atoms with Crippen LogP contribution in [-0.2, 0) is 38.1 Å². The van der Waals surface area contributed by atoms with Gasteiger partial charge in [-0.2, -0.15) is 0 Å². The molecule has 0 N–H and O–H groups in total. The molecule has 0 aromatic carbocycles. The fourth-order valence-corrected chi connectivity index (χ4v) is 7.40. The Balaban J connectivity index is 4.27. The molecule has 0 aliphatic rings. The van der Waals surface area contributed by atoms with Crippen molar-refractivity contribution in [2.75, 3.05) is 57.6 Å². The number of hydrogen-bond donors (Lipinski definition) is 0. The third-order valence-corrected chi connectivity index (χ3v) is 10.9. The summed E-state index contributed by atoms with van der Waals surface area (Å²) in [7, 11) is 3.30. The summed E-state index contributed by atoms with van der Waals surface area (Å²) in [6.45, 7) is 8.82. The summed E-state index contributed by atoms with van der Waals surface area (Å²) in [5.41, 5.74) is 0. The molecule has 0 aromatic rings. The number of carbonyl (C=O) groups excluding carboxylic acids is 4. The first kappa shape index (κ1) is 49.3. The third kappa shape index (κ3) is 36.4. The Morgan fingerprint density at radius 2 is 1.08 bits per heavy atom. The molecule has 0 heterocycles.